The van der Waals surface area contributed by atoms with E-state index in [1.807, 2.05) is 0 Å². The third-order valence-corrected chi connectivity index (χ3v) is 0.794. The van der Waals surface area contributed by atoms with Crippen molar-refractivity contribution in [1.29, 1.82) is 0 Å². The number of carboxylic acids is 2. The van der Waals surface area contributed by atoms with Crippen molar-refractivity contribution in [3.8, 4) is 0 Å². The Morgan fingerprint density at radius 1 is 1.17 bits per heavy atom. The van der Waals surface area contributed by atoms with Crippen LogP contribution in [0.5, 0.6) is 0 Å². The predicted octanol–water partition coefficient (Wildman–Crippen LogP) is -6.29. The van der Waals surface area contributed by atoms with E-state index in [-0.39, 0.29) is 35.7 Å². The number of hydrogen-bond donors (Lipinski definition) is 4. The van der Waals surface area contributed by atoms with Gasteiger partial charge in [0, 0.05) is 0 Å². The minimum atomic E-state index is -2.38. The summed E-state index contributed by atoms with van der Waals surface area (Å²) in [6.45, 7) is 0. The van der Waals surface area contributed by atoms with Crippen LogP contribution in [0.4, 0.5) is 0 Å². The van der Waals surface area contributed by atoms with Crippen LogP contribution in [0.3, 0.4) is 0 Å². The topological polar surface area (TPSA) is 153 Å². The first-order valence-corrected chi connectivity index (χ1v) is 2.26. The number of carbonyl (C=O) groups excluding carboxylic acids is 1. The molecular formula is C4H8NNaO6. The Morgan fingerprint density at radius 3 is 1.58 bits per heavy atom. The average Bonchev–Trinajstić information content (AvgIpc) is 1.84. The minimum absolute atomic E-state index is 0. The van der Waals surface area contributed by atoms with Gasteiger partial charge in [-0.3, -0.25) is 0 Å². The van der Waals surface area contributed by atoms with Gasteiger partial charge in [-0.25, -0.2) is 4.79 Å². The van der Waals surface area contributed by atoms with Crippen molar-refractivity contribution in [2.75, 3.05) is 0 Å². The van der Waals surface area contributed by atoms with Crippen molar-refractivity contribution in [3.05, 3.63) is 0 Å². The molecule has 0 aliphatic heterocycles. The number of aliphatic carboxylic acids is 2. The second-order valence-electron chi connectivity index (χ2n) is 1.55. The average molecular weight is 189 g/mol. The molecule has 0 spiro atoms. The van der Waals surface area contributed by atoms with E-state index >= 15 is 0 Å². The zero-order chi connectivity index (χ0) is 8.31. The number of hydrogen-bond acceptors (Lipinski definition) is 6. The summed E-state index contributed by atoms with van der Waals surface area (Å²) in [5.41, 5.74) is 0. The largest absolute Gasteiger partial charge is 1.00 e. The van der Waals surface area contributed by atoms with Crippen LogP contribution in [0.15, 0.2) is 0 Å². The van der Waals surface area contributed by atoms with Gasteiger partial charge in [-0.15, -0.1) is 0 Å². The normalized spacial score (nSPS) is 13.2. The maximum Gasteiger partial charge on any atom is 1.00 e. The molecule has 0 saturated carbocycles. The van der Waals surface area contributed by atoms with Crippen molar-refractivity contribution >= 4 is 11.9 Å². The van der Waals surface area contributed by atoms with Gasteiger partial charge in [-0.05, 0) is 0 Å². The molecule has 0 bridgehead atoms. The Bertz CT molecular complexity index is 144. The minimum Gasteiger partial charge on any atom is -0.547 e. The molecule has 2 atom stereocenters. The fourth-order valence-corrected chi connectivity index (χ4v) is 0.264. The molecule has 0 rings (SSSR count). The molecule has 0 aliphatic carbocycles. The fourth-order valence-electron chi connectivity index (χ4n) is 0.264. The molecular weight excluding hydrogens is 181 g/mol. The Labute approximate surface area is 89.9 Å². The summed E-state index contributed by atoms with van der Waals surface area (Å²) in [6.07, 6.45) is -4.71. The Balaban J connectivity index is -0.000000405. The zero-order valence-corrected chi connectivity index (χ0v) is 8.43. The van der Waals surface area contributed by atoms with Crippen LogP contribution in [0.25, 0.3) is 0 Å². The molecule has 0 aliphatic rings. The Morgan fingerprint density at radius 2 is 1.50 bits per heavy atom. The second-order valence-corrected chi connectivity index (χ2v) is 1.55. The van der Waals surface area contributed by atoms with E-state index in [4.69, 9.17) is 15.3 Å². The van der Waals surface area contributed by atoms with Gasteiger partial charge in [-0.1, -0.05) is 0 Å². The van der Waals surface area contributed by atoms with Crippen molar-refractivity contribution < 1.29 is 59.6 Å². The molecule has 0 aromatic rings. The molecule has 0 saturated heterocycles. The van der Waals surface area contributed by atoms with Crippen LogP contribution < -0.4 is 40.8 Å². The summed E-state index contributed by atoms with van der Waals surface area (Å²) in [7, 11) is 0. The SMILES string of the molecule is N.O=C([O-])C(O)C(O)C(=O)O.[Na+]. The third kappa shape index (κ3) is 5.47. The molecule has 0 amide bonds. The van der Waals surface area contributed by atoms with Crippen LogP contribution >= 0.6 is 0 Å². The van der Waals surface area contributed by atoms with Crippen LogP contribution in [0.2, 0.25) is 0 Å². The quantitative estimate of drug-likeness (QED) is 0.322. The molecule has 6 N–H and O–H groups in total. The van der Waals surface area contributed by atoms with Gasteiger partial charge >= 0.3 is 35.5 Å². The second kappa shape index (κ2) is 7.47. The van der Waals surface area contributed by atoms with E-state index in [9.17, 15) is 14.7 Å². The van der Waals surface area contributed by atoms with Crippen molar-refractivity contribution in [1.82, 2.24) is 6.15 Å². The first-order valence-electron chi connectivity index (χ1n) is 2.26. The van der Waals surface area contributed by atoms with Gasteiger partial charge in [0.15, 0.2) is 6.10 Å². The molecule has 0 heterocycles. The van der Waals surface area contributed by atoms with Gasteiger partial charge in [0.2, 0.25) is 0 Å². The fraction of sp³-hybridized carbons (Fsp3) is 0.500. The third-order valence-electron chi connectivity index (χ3n) is 0.794. The maximum absolute atomic E-state index is 9.74. The maximum atomic E-state index is 9.74. The Kier molecular flexibility index (Phi) is 11.1. The smallest absolute Gasteiger partial charge is 0.547 e. The first kappa shape index (κ1) is 17.8. The van der Waals surface area contributed by atoms with E-state index in [1.165, 1.54) is 0 Å². The van der Waals surface area contributed by atoms with Crippen LogP contribution in [0.1, 0.15) is 0 Å². The standard InChI is InChI=1S/C4H6O6.H3N.Na/c5-1(3(7)8)2(6)4(9)10;;/h1-2,5-6H,(H,7,8)(H,9,10);1H3;/q;;+1/p-1. The van der Waals surface area contributed by atoms with E-state index in [1.54, 1.807) is 0 Å². The number of aliphatic hydroxyl groups excluding tert-OH is 2. The summed E-state index contributed by atoms with van der Waals surface area (Å²) < 4.78 is 0. The molecule has 8 heteroatoms. The summed E-state index contributed by atoms with van der Waals surface area (Å²) >= 11 is 0. The van der Waals surface area contributed by atoms with Crippen molar-refractivity contribution in [2.24, 2.45) is 0 Å². The molecule has 0 fully saturated rings. The Hall–Kier alpha value is -0.180. The van der Waals surface area contributed by atoms with E-state index in [0.717, 1.165) is 0 Å². The number of carboxylic acid groups (broad SMARTS) is 2. The monoisotopic (exact) mass is 189 g/mol. The molecule has 7 nitrogen and oxygen atoms in total. The summed E-state index contributed by atoms with van der Waals surface area (Å²) in [6, 6.07) is 0. The zero-order valence-electron chi connectivity index (χ0n) is 6.43. The molecule has 12 heavy (non-hydrogen) atoms. The number of rotatable bonds is 3. The van der Waals surface area contributed by atoms with Crippen molar-refractivity contribution in [3.63, 3.8) is 0 Å². The van der Waals surface area contributed by atoms with Crippen LogP contribution in [0, 0.1) is 0 Å². The predicted molar refractivity (Wildman–Crippen MR) is 29.7 cm³/mol. The van der Waals surface area contributed by atoms with E-state index in [2.05, 4.69) is 0 Å². The van der Waals surface area contributed by atoms with E-state index < -0.39 is 24.1 Å². The van der Waals surface area contributed by atoms with Crippen molar-refractivity contribution in [2.45, 2.75) is 12.2 Å². The van der Waals surface area contributed by atoms with Gasteiger partial charge in [-0.2, -0.15) is 0 Å². The van der Waals surface area contributed by atoms with E-state index in [0.29, 0.717) is 0 Å². The first-order chi connectivity index (χ1) is 4.46. The molecule has 0 aromatic carbocycles. The summed E-state index contributed by atoms with van der Waals surface area (Å²) in [5.74, 6) is -3.83. The molecule has 0 aromatic heterocycles. The number of carbonyl (C=O) groups is 2. The van der Waals surface area contributed by atoms with Gasteiger partial charge < -0.3 is 31.4 Å². The van der Waals surface area contributed by atoms with Crippen LogP contribution in [-0.4, -0.2) is 39.5 Å². The van der Waals surface area contributed by atoms with Gasteiger partial charge in [0.05, 0.1) is 5.97 Å². The summed E-state index contributed by atoms with van der Waals surface area (Å²) in [4.78, 5) is 19.4. The molecule has 66 valence electrons. The molecule has 0 radical (unpaired) electrons. The summed E-state index contributed by atoms with van der Waals surface area (Å²) in [5, 5.41) is 34.1. The molecule has 2 unspecified atom stereocenters. The van der Waals surface area contributed by atoms with Crippen LogP contribution in [-0.2, 0) is 9.59 Å². The van der Waals surface area contributed by atoms with Gasteiger partial charge in [0.1, 0.15) is 6.10 Å². The number of aliphatic hydroxyl groups is 2. The van der Waals surface area contributed by atoms with Gasteiger partial charge in [0.25, 0.3) is 0 Å².